The summed E-state index contributed by atoms with van der Waals surface area (Å²) in [5, 5.41) is 6.05. The van der Waals surface area contributed by atoms with Gasteiger partial charge in [-0.2, -0.15) is 4.39 Å². The number of anilines is 1. The third-order valence-corrected chi connectivity index (χ3v) is 5.86. The lowest BCUT2D eigenvalue weighted by molar-refractivity contribution is 0.0957. The minimum absolute atomic E-state index is 0.116. The first-order chi connectivity index (χ1) is 13.1. The van der Waals surface area contributed by atoms with Crippen LogP contribution in [0.1, 0.15) is 43.1 Å². The van der Waals surface area contributed by atoms with E-state index in [0.29, 0.717) is 11.7 Å². The van der Waals surface area contributed by atoms with Crippen molar-refractivity contribution in [3.05, 3.63) is 23.8 Å². The lowest BCUT2D eigenvalue weighted by Crippen LogP contribution is -2.52. The number of amides is 1. The number of halogens is 1. The Labute approximate surface area is 161 Å². The molecule has 0 radical (unpaired) electrons. The molecule has 1 aliphatic carbocycles. The van der Waals surface area contributed by atoms with Crippen molar-refractivity contribution in [2.24, 2.45) is 5.92 Å². The molecule has 2 N–H and O–H groups in total. The second kappa shape index (κ2) is 9.46. The van der Waals surface area contributed by atoms with Gasteiger partial charge in [0, 0.05) is 39.3 Å². The van der Waals surface area contributed by atoms with E-state index in [9.17, 15) is 9.18 Å². The number of rotatable bonds is 7. The molecule has 3 rings (SSSR count). The summed E-state index contributed by atoms with van der Waals surface area (Å²) in [4.78, 5) is 20.1. The van der Waals surface area contributed by atoms with Crippen LogP contribution in [0.4, 0.5) is 10.1 Å². The average Bonchev–Trinajstić information content (AvgIpc) is 3.16. The van der Waals surface area contributed by atoms with Crippen LogP contribution in [0.3, 0.4) is 0 Å². The average molecular weight is 378 g/mol. The predicted molar refractivity (Wildman–Crippen MR) is 106 cm³/mol. The Morgan fingerprint density at radius 3 is 2.70 bits per heavy atom. The number of piperazine rings is 1. The number of carbonyl (C=O) groups is 1. The smallest absolute Gasteiger partial charge is 0.269 e. The molecule has 2 unspecified atom stereocenters. The molecule has 1 saturated heterocycles. The van der Waals surface area contributed by atoms with Crippen LogP contribution in [0.2, 0.25) is 0 Å². The van der Waals surface area contributed by atoms with Crippen molar-refractivity contribution in [2.45, 2.75) is 38.6 Å². The largest absolute Gasteiger partial charge is 0.365 e. The zero-order valence-corrected chi connectivity index (χ0v) is 16.5. The summed E-state index contributed by atoms with van der Waals surface area (Å²) in [5.74, 6) is -0.199. The second-order valence-electron chi connectivity index (χ2n) is 7.57. The van der Waals surface area contributed by atoms with Crippen LogP contribution in [0.25, 0.3) is 0 Å². The first-order valence-electron chi connectivity index (χ1n) is 10.2. The summed E-state index contributed by atoms with van der Waals surface area (Å²) in [6.45, 7) is 7.89. The summed E-state index contributed by atoms with van der Waals surface area (Å²) in [6.07, 6.45) is 5.06. The highest BCUT2D eigenvalue weighted by atomic mass is 19.1. The predicted octanol–water partition coefficient (Wildman–Crippen LogP) is 1.87. The molecule has 2 fully saturated rings. The van der Waals surface area contributed by atoms with E-state index in [1.54, 1.807) is 12.1 Å². The van der Waals surface area contributed by atoms with Crippen LogP contribution in [0.15, 0.2) is 12.1 Å². The van der Waals surface area contributed by atoms with Crippen LogP contribution in [-0.2, 0) is 0 Å². The van der Waals surface area contributed by atoms with E-state index >= 15 is 0 Å². The molecular weight excluding hydrogens is 345 g/mol. The van der Waals surface area contributed by atoms with E-state index in [-0.39, 0.29) is 11.6 Å². The maximum atomic E-state index is 14.4. The van der Waals surface area contributed by atoms with Gasteiger partial charge in [-0.15, -0.1) is 0 Å². The van der Waals surface area contributed by atoms with Gasteiger partial charge in [0.15, 0.2) is 0 Å². The van der Waals surface area contributed by atoms with Crippen molar-refractivity contribution in [3.8, 4) is 0 Å². The van der Waals surface area contributed by atoms with Gasteiger partial charge in [-0.1, -0.05) is 13.3 Å². The van der Waals surface area contributed by atoms with E-state index < -0.39 is 5.95 Å². The van der Waals surface area contributed by atoms with Crippen molar-refractivity contribution in [1.29, 1.82) is 0 Å². The Morgan fingerprint density at radius 1 is 1.26 bits per heavy atom. The van der Waals surface area contributed by atoms with Crippen LogP contribution >= 0.6 is 0 Å². The maximum absolute atomic E-state index is 14.4. The van der Waals surface area contributed by atoms with Gasteiger partial charge in [0.1, 0.15) is 5.69 Å². The minimum atomic E-state index is -0.563. The summed E-state index contributed by atoms with van der Waals surface area (Å²) in [7, 11) is 1.52. The lowest BCUT2D eigenvalue weighted by atomic mass is 10.0. The molecule has 27 heavy (non-hydrogen) atoms. The quantitative estimate of drug-likeness (QED) is 0.561. The number of nitrogens with zero attached hydrogens (tertiary/aromatic N) is 3. The molecule has 0 bridgehead atoms. The van der Waals surface area contributed by atoms with E-state index in [0.717, 1.165) is 45.2 Å². The van der Waals surface area contributed by atoms with Gasteiger partial charge < -0.3 is 15.5 Å². The molecule has 150 valence electrons. The number of hydrogen-bond acceptors (Lipinski definition) is 5. The molecule has 2 heterocycles. The molecule has 2 aliphatic rings. The van der Waals surface area contributed by atoms with Gasteiger partial charge in [-0.05, 0) is 50.4 Å². The van der Waals surface area contributed by atoms with E-state index in [1.165, 1.54) is 32.7 Å². The number of carbonyl (C=O) groups excluding carboxylic acids is 1. The van der Waals surface area contributed by atoms with Crippen molar-refractivity contribution in [1.82, 2.24) is 20.5 Å². The number of hydrogen-bond donors (Lipinski definition) is 2. The monoisotopic (exact) mass is 377 g/mol. The Balaban J connectivity index is 1.56. The summed E-state index contributed by atoms with van der Waals surface area (Å²) < 4.78 is 14.4. The van der Waals surface area contributed by atoms with Crippen LogP contribution < -0.4 is 15.5 Å². The third kappa shape index (κ3) is 4.76. The van der Waals surface area contributed by atoms with Gasteiger partial charge >= 0.3 is 0 Å². The van der Waals surface area contributed by atoms with Crippen molar-refractivity contribution in [3.63, 3.8) is 0 Å². The third-order valence-electron chi connectivity index (χ3n) is 5.86. The van der Waals surface area contributed by atoms with Gasteiger partial charge in [0.2, 0.25) is 5.95 Å². The van der Waals surface area contributed by atoms with Crippen LogP contribution in [-0.4, -0.2) is 68.1 Å². The van der Waals surface area contributed by atoms with Gasteiger partial charge in [0.25, 0.3) is 5.91 Å². The highest BCUT2D eigenvalue weighted by Crippen LogP contribution is 2.31. The maximum Gasteiger partial charge on any atom is 0.269 e. The summed E-state index contributed by atoms with van der Waals surface area (Å²) >= 11 is 0. The summed E-state index contributed by atoms with van der Waals surface area (Å²) in [5.41, 5.74) is 0.612. The molecule has 6 nitrogen and oxygen atoms in total. The van der Waals surface area contributed by atoms with Crippen molar-refractivity contribution < 1.29 is 9.18 Å². The molecule has 1 aliphatic heterocycles. The second-order valence-corrected chi connectivity index (χ2v) is 7.57. The zero-order chi connectivity index (χ0) is 19.2. The molecule has 1 aromatic rings. The van der Waals surface area contributed by atoms with E-state index in [2.05, 4.69) is 27.4 Å². The molecular formula is C20H32FN5O. The Bertz CT molecular complexity index is 633. The number of nitrogens with one attached hydrogen (secondary N) is 2. The standard InChI is InChI=1S/C20H32FN5O/c1-3-9-23-14-15-5-4-6-17(15)25-10-12-26(13-11-25)18-8-7-16(20(27)22-2)24-19(18)21/h7-8,15,17,23H,3-6,9-14H2,1-2H3,(H,22,27). The Kier molecular flexibility index (Phi) is 7.01. The molecule has 0 aromatic carbocycles. The fourth-order valence-electron chi connectivity index (χ4n) is 4.41. The first kappa shape index (κ1) is 20.0. The normalized spacial score (nSPS) is 23.6. The van der Waals surface area contributed by atoms with Crippen LogP contribution in [0, 0.1) is 11.9 Å². The Morgan fingerprint density at radius 2 is 2.04 bits per heavy atom. The van der Waals surface area contributed by atoms with Crippen molar-refractivity contribution >= 4 is 11.6 Å². The summed E-state index contributed by atoms with van der Waals surface area (Å²) in [6, 6.07) is 3.92. The van der Waals surface area contributed by atoms with Gasteiger partial charge in [0.05, 0.1) is 5.69 Å². The number of pyridine rings is 1. The first-order valence-corrected chi connectivity index (χ1v) is 10.2. The van der Waals surface area contributed by atoms with Gasteiger partial charge in [-0.25, -0.2) is 4.98 Å². The highest BCUT2D eigenvalue weighted by molar-refractivity contribution is 5.92. The fraction of sp³-hybridized carbons (Fsp3) is 0.700. The molecule has 7 heteroatoms. The topological polar surface area (TPSA) is 60.5 Å². The van der Waals surface area contributed by atoms with Gasteiger partial charge in [-0.3, -0.25) is 9.69 Å². The zero-order valence-electron chi connectivity index (χ0n) is 16.5. The molecule has 1 saturated carbocycles. The van der Waals surface area contributed by atoms with Crippen LogP contribution in [0.5, 0.6) is 0 Å². The SMILES string of the molecule is CCCNCC1CCCC1N1CCN(c2ccc(C(=O)NC)nc2F)CC1. The highest BCUT2D eigenvalue weighted by Gasteiger charge is 2.33. The molecule has 0 spiro atoms. The molecule has 1 aromatic heterocycles. The van der Waals surface area contributed by atoms with E-state index in [1.807, 2.05) is 4.90 Å². The number of aromatic nitrogens is 1. The molecule has 2 atom stereocenters. The molecule has 1 amide bonds. The fourth-order valence-corrected chi connectivity index (χ4v) is 4.41. The lowest BCUT2D eigenvalue weighted by Gasteiger charge is -2.41. The minimum Gasteiger partial charge on any atom is -0.365 e. The van der Waals surface area contributed by atoms with Crippen molar-refractivity contribution in [2.75, 3.05) is 51.2 Å². The Hall–Kier alpha value is -1.73. The van der Waals surface area contributed by atoms with E-state index in [4.69, 9.17) is 0 Å².